The van der Waals surface area contributed by atoms with E-state index in [4.69, 9.17) is 4.74 Å². The molecule has 0 spiro atoms. The number of ether oxygens (including phenoxy) is 1. The zero-order valence-electron chi connectivity index (χ0n) is 13.4. The molecule has 3 heterocycles. The number of nitrogens with zero attached hydrogens (tertiary/aromatic N) is 3. The molecule has 3 rings (SSSR count). The Bertz CT molecular complexity index is 599. The minimum Gasteiger partial charge on any atom is -0.378 e. The molecule has 1 aromatic heterocycles. The maximum atomic E-state index is 13.6. The molecule has 2 fully saturated rings. The zero-order chi connectivity index (χ0) is 16.9. The van der Waals surface area contributed by atoms with Crippen molar-refractivity contribution < 1.29 is 18.7 Å². The van der Waals surface area contributed by atoms with Gasteiger partial charge >= 0.3 is 6.03 Å². The van der Waals surface area contributed by atoms with E-state index in [1.54, 1.807) is 9.80 Å². The van der Waals surface area contributed by atoms with Crippen LogP contribution in [-0.2, 0) is 4.74 Å². The van der Waals surface area contributed by atoms with E-state index in [0.29, 0.717) is 52.2 Å². The lowest BCUT2D eigenvalue weighted by atomic mass is 10.0. The lowest BCUT2D eigenvalue weighted by Crippen LogP contribution is -2.52. The molecular formula is C16H21FN4O3. The van der Waals surface area contributed by atoms with Crippen LogP contribution in [0.2, 0.25) is 0 Å². The summed E-state index contributed by atoms with van der Waals surface area (Å²) in [5.41, 5.74) is -0.00294. The first kappa shape index (κ1) is 16.6. The smallest absolute Gasteiger partial charge is 0.320 e. The number of carbonyl (C=O) groups excluding carboxylic acids is 2. The molecule has 0 aliphatic carbocycles. The van der Waals surface area contributed by atoms with Crippen LogP contribution >= 0.6 is 0 Å². The molecule has 0 saturated carbocycles. The number of hydrogen-bond donors (Lipinski definition) is 1. The van der Waals surface area contributed by atoms with Crippen LogP contribution in [0.3, 0.4) is 0 Å². The number of likely N-dealkylation sites (tertiary alicyclic amines) is 1. The minimum atomic E-state index is -0.630. The Morgan fingerprint density at radius 1 is 1.17 bits per heavy atom. The van der Waals surface area contributed by atoms with Gasteiger partial charge in [-0.3, -0.25) is 9.78 Å². The molecule has 0 unspecified atom stereocenters. The second-order valence-electron chi connectivity index (χ2n) is 5.97. The second kappa shape index (κ2) is 7.57. The fraction of sp³-hybridized carbons (Fsp3) is 0.562. The number of aromatic nitrogens is 1. The average Bonchev–Trinajstić information content (AvgIpc) is 2.63. The molecule has 2 aliphatic rings. The quantitative estimate of drug-likeness (QED) is 0.869. The van der Waals surface area contributed by atoms with E-state index in [1.807, 2.05) is 0 Å². The molecule has 8 heteroatoms. The molecule has 130 valence electrons. The normalized spacial score (nSPS) is 19.2. The predicted octanol–water partition coefficient (Wildman–Crippen LogP) is 0.867. The largest absolute Gasteiger partial charge is 0.378 e. The summed E-state index contributed by atoms with van der Waals surface area (Å²) in [5, 5.41) is 2.84. The van der Waals surface area contributed by atoms with Crippen LogP contribution in [0, 0.1) is 5.82 Å². The molecule has 0 radical (unpaired) electrons. The Morgan fingerprint density at radius 2 is 1.83 bits per heavy atom. The van der Waals surface area contributed by atoms with Gasteiger partial charge in [-0.15, -0.1) is 0 Å². The first-order valence-electron chi connectivity index (χ1n) is 8.17. The van der Waals surface area contributed by atoms with Crippen LogP contribution in [0.25, 0.3) is 0 Å². The lowest BCUT2D eigenvalue weighted by Gasteiger charge is -2.37. The summed E-state index contributed by atoms with van der Waals surface area (Å²) in [6.45, 7) is 3.57. The van der Waals surface area contributed by atoms with Gasteiger partial charge in [0.05, 0.1) is 25.0 Å². The van der Waals surface area contributed by atoms with Crippen LogP contribution in [0.1, 0.15) is 23.2 Å². The van der Waals surface area contributed by atoms with Crippen molar-refractivity contribution in [1.29, 1.82) is 0 Å². The third-order valence-corrected chi connectivity index (χ3v) is 4.40. The molecule has 0 aromatic carbocycles. The summed E-state index contributed by atoms with van der Waals surface area (Å²) in [4.78, 5) is 31.8. The van der Waals surface area contributed by atoms with Crippen LogP contribution in [0.5, 0.6) is 0 Å². The van der Waals surface area contributed by atoms with Crippen molar-refractivity contribution in [3.8, 4) is 0 Å². The number of halogens is 1. The number of rotatable bonds is 2. The van der Waals surface area contributed by atoms with Crippen molar-refractivity contribution in [2.24, 2.45) is 0 Å². The highest BCUT2D eigenvalue weighted by Crippen LogP contribution is 2.14. The Morgan fingerprint density at radius 3 is 2.50 bits per heavy atom. The number of carbonyl (C=O) groups is 2. The Kier molecular flexibility index (Phi) is 5.24. The van der Waals surface area contributed by atoms with E-state index < -0.39 is 11.7 Å². The minimum absolute atomic E-state index is 0.00294. The maximum absolute atomic E-state index is 13.6. The SMILES string of the molecule is O=C(NC1CCN(C(=O)N2CCOCC2)CC1)c1ccncc1F. The van der Waals surface area contributed by atoms with E-state index in [1.165, 1.54) is 12.3 Å². The predicted molar refractivity (Wildman–Crippen MR) is 84.0 cm³/mol. The van der Waals surface area contributed by atoms with Gasteiger partial charge in [0.15, 0.2) is 5.82 Å². The molecule has 0 atom stereocenters. The van der Waals surface area contributed by atoms with Crippen LogP contribution < -0.4 is 5.32 Å². The standard InChI is InChI=1S/C16H21FN4O3/c17-14-11-18-4-1-13(14)15(22)19-12-2-5-20(6-3-12)16(23)21-7-9-24-10-8-21/h1,4,11-12H,2-3,5-10H2,(H,19,22). The molecule has 1 aromatic rings. The van der Waals surface area contributed by atoms with Crippen molar-refractivity contribution in [3.05, 3.63) is 29.8 Å². The molecule has 1 N–H and O–H groups in total. The molecule has 3 amide bonds. The highest BCUT2D eigenvalue weighted by Gasteiger charge is 2.28. The summed E-state index contributed by atoms with van der Waals surface area (Å²) in [5.74, 6) is -1.07. The first-order chi connectivity index (χ1) is 11.6. The van der Waals surface area contributed by atoms with Gasteiger partial charge in [0, 0.05) is 38.4 Å². The van der Waals surface area contributed by atoms with Gasteiger partial charge in [0.2, 0.25) is 0 Å². The summed E-state index contributed by atoms with van der Waals surface area (Å²) in [6.07, 6.45) is 3.74. The molecule has 24 heavy (non-hydrogen) atoms. The summed E-state index contributed by atoms with van der Waals surface area (Å²) in [6, 6.07) is 1.34. The average molecular weight is 336 g/mol. The number of morpholine rings is 1. The Balaban J connectivity index is 1.49. The number of piperidine rings is 1. The van der Waals surface area contributed by atoms with Crippen LogP contribution in [0.15, 0.2) is 18.5 Å². The highest BCUT2D eigenvalue weighted by molar-refractivity contribution is 5.94. The third kappa shape index (κ3) is 3.81. The van der Waals surface area contributed by atoms with Crippen LogP contribution in [-0.4, -0.2) is 72.2 Å². The fourth-order valence-corrected chi connectivity index (χ4v) is 2.99. The molecule has 2 saturated heterocycles. The van der Waals surface area contributed by atoms with Crippen LogP contribution in [0.4, 0.5) is 9.18 Å². The lowest BCUT2D eigenvalue weighted by molar-refractivity contribution is 0.0407. The van der Waals surface area contributed by atoms with Gasteiger partial charge in [-0.05, 0) is 18.9 Å². The number of urea groups is 1. The molecule has 2 aliphatic heterocycles. The van der Waals surface area contributed by atoms with Crippen molar-refractivity contribution in [2.75, 3.05) is 39.4 Å². The van der Waals surface area contributed by atoms with Crippen molar-refractivity contribution >= 4 is 11.9 Å². The highest BCUT2D eigenvalue weighted by atomic mass is 19.1. The fourth-order valence-electron chi connectivity index (χ4n) is 2.99. The van der Waals surface area contributed by atoms with Gasteiger partial charge in [0.1, 0.15) is 0 Å². The Labute approximate surface area is 139 Å². The number of hydrogen-bond acceptors (Lipinski definition) is 4. The maximum Gasteiger partial charge on any atom is 0.320 e. The van der Waals surface area contributed by atoms with E-state index in [-0.39, 0.29) is 17.6 Å². The van der Waals surface area contributed by atoms with Gasteiger partial charge in [-0.2, -0.15) is 0 Å². The number of nitrogens with one attached hydrogen (secondary N) is 1. The van der Waals surface area contributed by atoms with Gasteiger partial charge in [-0.1, -0.05) is 0 Å². The van der Waals surface area contributed by atoms with E-state index >= 15 is 0 Å². The van der Waals surface area contributed by atoms with Gasteiger partial charge in [-0.25, -0.2) is 9.18 Å². The van der Waals surface area contributed by atoms with Crippen molar-refractivity contribution in [3.63, 3.8) is 0 Å². The Hall–Kier alpha value is -2.22. The van der Waals surface area contributed by atoms with Gasteiger partial charge < -0.3 is 19.9 Å². The molecule has 0 bridgehead atoms. The van der Waals surface area contributed by atoms with Crippen molar-refractivity contribution in [1.82, 2.24) is 20.1 Å². The second-order valence-corrected chi connectivity index (χ2v) is 5.97. The van der Waals surface area contributed by atoms with Gasteiger partial charge in [0.25, 0.3) is 5.91 Å². The van der Waals surface area contributed by atoms with E-state index in [0.717, 1.165) is 6.20 Å². The number of pyridine rings is 1. The summed E-state index contributed by atoms with van der Waals surface area (Å²) >= 11 is 0. The molecule has 7 nitrogen and oxygen atoms in total. The zero-order valence-corrected chi connectivity index (χ0v) is 13.4. The van der Waals surface area contributed by atoms with E-state index in [9.17, 15) is 14.0 Å². The van der Waals surface area contributed by atoms with Crippen molar-refractivity contribution in [2.45, 2.75) is 18.9 Å². The summed E-state index contributed by atoms with van der Waals surface area (Å²) < 4.78 is 18.8. The summed E-state index contributed by atoms with van der Waals surface area (Å²) in [7, 11) is 0. The first-order valence-corrected chi connectivity index (χ1v) is 8.17. The topological polar surface area (TPSA) is 74.8 Å². The molecular weight excluding hydrogens is 315 g/mol. The number of amides is 3. The monoisotopic (exact) mass is 336 g/mol. The van der Waals surface area contributed by atoms with E-state index in [2.05, 4.69) is 10.3 Å². The third-order valence-electron chi connectivity index (χ3n) is 4.40.